The van der Waals surface area contributed by atoms with Crippen LogP contribution >= 0.6 is 0 Å². The predicted octanol–water partition coefficient (Wildman–Crippen LogP) is 4.93. The minimum atomic E-state index is -0.688. The van der Waals surface area contributed by atoms with Gasteiger partial charge in [-0.05, 0) is 50.3 Å². The van der Waals surface area contributed by atoms with E-state index in [1.54, 1.807) is 0 Å². The van der Waals surface area contributed by atoms with Gasteiger partial charge in [0.05, 0.1) is 17.0 Å². The van der Waals surface area contributed by atoms with Gasteiger partial charge in [0.2, 0.25) is 0 Å². The Labute approximate surface area is 198 Å². The minimum Gasteiger partial charge on any atom is -0.390 e. The highest BCUT2D eigenvalue weighted by Gasteiger charge is 2.49. The summed E-state index contributed by atoms with van der Waals surface area (Å²) >= 11 is 0. The summed E-state index contributed by atoms with van der Waals surface area (Å²) in [5.41, 5.74) is 14.1. The van der Waals surface area contributed by atoms with Gasteiger partial charge >= 0.3 is 0 Å². The van der Waals surface area contributed by atoms with Crippen molar-refractivity contribution in [3.05, 3.63) is 83.7 Å². The zero-order valence-electron chi connectivity index (χ0n) is 19.6. The number of nitrogens with zero attached hydrogens (tertiary/aromatic N) is 4. The summed E-state index contributed by atoms with van der Waals surface area (Å²) < 4.78 is 1.83. The quantitative estimate of drug-likeness (QED) is 0.408. The van der Waals surface area contributed by atoms with Crippen LogP contribution in [0.4, 0.5) is 0 Å². The molecule has 34 heavy (non-hydrogen) atoms. The highest BCUT2D eigenvalue weighted by molar-refractivity contribution is 5.94. The fourth-order valence-corrected chi connectivity index (χ4v) is 5.52. The van der Waals surface area contributed by atoms with E-state index in [1.165, 1.54) is 0 Å². The molecule has 3 N–H and O–H groups in total. The summed E-state index contributed by atoms with van der Waals surface area (Å²) in [7, 11) is 0. The van der Waals surface area contributed by atoms with Crippen LogP contribution < -0.4 is 5.73 Å². The van der Waals surface area contributed by atoms with Gasteiger partial charge in [0.15, 0.2) is 11.3 Å². The number of nitrogens with two attached hydrogens (primary N) is 1. The zero-order valence-corrected chi connectivity index (χ0v) is 19.6. The topological polar surface area (TPSA) is 89.3 Å². The van der Waals surface area contributed by atoms with Crippen molar-refractivity contribution in [2.75, 3.05) is 0 Å². The SMILES string of the molecule is Cc1cc2ncc3c(C)c(-c4ccccc4)c(-c4ccc([C@]5(N)C[C@@](C)(O)C5)cc4)nc3n2n1. The van der Waals surface area contributed by atoms with E-state index >= 15 is 0 Å². The lowest BCUT2D eigenvalue weighted by Crippen LogP contribution is -2.58. The van der Waals surface area contributed by atoms with Gasteiger partial charge in [-0.3, -0.25) is 0 Å². The largest absolute Gasteiger partial charge is 0.390 e. The Balaban J connectivity index is 1.57. The lowest BCUT2D eigenvalue weighted by molar-refractivity contribution is -0.0738. The van der Waals surface area contributed by atoms with Crippen LogP contribution in [0.3, 0.4) is 0 Å². The Hall–Kier alpha value is -3.61. The molecule has 0 radical (unpaired) electrons. The third-order valence-corrected chi connectivity index (χ3v) is 7.00. The molecule has 1 aliphatic rings. The van der Waals surface area contributed by atoms with Gasteiger partial charge in [-0.1, -0.05) is 54.6 Å². The average molecular weight is 450 g/mol. The van der Waals surface area contributed by atoms with E-state index in [-0.39, 0.29) is 0 Å². The molecule has 6 heteroatoms. The first-order valence-electron chi connectivity index (χ1n) is 11.6. The van der Waals surface area contributed by atoms with Crippen LogP contribution in [0.25, 0.3) is 39.1 Å². The fourth-order valence-electron chi connectivity index (χ4n) is 5.52. The summed E-state index contributed by atoms with van der Waals surface area (Å²) in [4.78, 5) is 9.78. The number of hydrogen-bond acceptors (Lipinski definition) is 5. The van der Waals surface area contributed by atoms with Gasteiger partial charge in [0.25, 0.3) is 0 Å². The van der Waals surface area contributed by atoms with E-state index in [0.29, 0.717) is 12.8 Å². The fraction of sp³-hybridized carbons (Fsp3) is 0.250. The number of pyridine rings is 1. The van der Waals surface area contributed by atoms with Crippen molar-refractivity contribution >= 4 is 16.7 Å². The summed E-state index contributed by atoms with van der Waals surface area (Å²) in [6.45, 7) is 5.93. The predicted molar refractivity (Wildman–Crippen MR) is 134 cm³/mol. The van der Waals surface area contributed by atoms with Crippen LogP contribution in [0.1, 0.15) is 36.6 Å². The Morgan fingerprint density at radius 3 is 2.35 bits per heavy atom. The molecule has 0 saturated heterocycles. The molecule has 170 valence electrons. The van der Waals surface area contributed by atoms with Gasteiger partial charge in [0, 0.05) is 34.3 Å². The molecule has 6 nitrogen and oxygen atoms in total. The maximum Gasteiger partial charge on any atom is 0.165 e. The number of aliphatic hydroxyl groups is 1. The van der Waals surface area contributed by atoms with Crippen LogP contribution in [-0.2, 0) is 5.54 Å². The summed E-state index contributed by atoms with van der Waals surface area (Å²) in [5.74, 6) is 0. The molecular weight excluding hydrogens is 422 g/mol. The minimum absolute atomic E-state index is 0.485. The lowest BCUT2D eigenvalue weighted by atomic mass is 9.63. The van der Waals surface area contributed by atoms with Gasteiger partial charge in [-0.2, -0.15) is 9.61 Å². The second kappa shape index (κ2) is 7.19. The zero-order chi connectivity index (χ0) is 23.7. The third kappa shape index (κ3) is 3.22. The van der Waals surface area contributed by atoms with Crippen LogP contribution in [0.5, 0.6) is 0 Å². The van der Waals surface area contributed by atoms with Gasteiger partial charge < -0.3 is 10.8 Å². The number of aryl methyl sites for hydroxylation is 2. The lowest BCUT2D eigenvalue weighted by Gasteiger charge is -2.49. The van der Waals surface area contributed by atoms with Crippen molar-refractivity contribution in [1.29, 1.82) is 0 Å². The monoisotopic (exact) mass is 449 g/mol. The van der Waals surface area contributed by atoms with E-state index in [9.17, 15) is 5.11 Å². The van der Waals surface area contributed by atoms with Gasteiger partial charge in [0.1, 0.15) is 0 Å². The smallest absolute Gasteiger partial charge is 0.165 e. The number of fused-ring (bicyclic) bond motifs is 3. The first kappa shape index (κ1) is 21.0. The molecule has 5 aromatic rings. The Morgan fingerprint density at radius 2 is 1.68 bits per heavy atom. The molecule has 0 amide bonds. The first-order valence-corrected chi connectivity index (χ1v) is 11.6. The summed E-state index contributed by atoms with van der Waals surface area (Å²) in [6.07, 6.45) is 3.02. The van der Waals surface area contributed by atoms with Crippen molar-refractivity contribution in [3.8, 4) is 22.4 Å². The molecule has 0 atom stereocenters. The molecule has 0 unspecified atom stereocenters. The summed E-state index contributed by atoms with van der Waals surface area (Å²) in [6, 6.07) is 20.6. The van der Waals surface area contributed by atoms with Gasteiger partial charge in [-0.15, -0.1) is 0 Å². The highest BCUT2D eigenvalue weighted by atomic mass is 16.3. The Bertz CT molecular complexity index is 1540. The molecule has 1 saturated carbocycles. The molecule has 3 heterocycles. The number of rotatable bonds is 3. The maximum absolute atomic E-state index is 10.2. The maximum atomic E-state index is 10.2. The molecule has 1 fully saturated rings. The third-order valence-electron chi connectivity index (χ3n) is 7.00. The van der Waals surface area contributed by atoms with Crippen molar-refractivity contribution < 1.29 is 5.11 Å². The van der Waals surface area contributed by atoms with Gasteiger partial charge in [-0.25, -0.2) is 9.97 Å². The van der Waals surface area contributed by atoms with E-state index in [4.69, 9.17) is 10.7 Å². The second-order valence-corrected chi connectivity index (χ2v) is 9.96. The van der Waals surface area contributed by atoms with E-state index in [1.807, 2.05) is 48.8 Å². The van der Waals surface area contributed by atoms with Crippen molar-refractivity contribution in [3.63, 3.8) is 0 Å². The number of aromatic nitrogens is 4. The van der Waals surface area contributed by atoms with Crippen molar-refractivity contribution in [2.45, 2.75) is 44.8 Å². The number of hydrogen-bond donors (Lipinski definition) is 2. The van der Waals surface area contributed by atoms with Crippen LogP contribution in [0.2, 0.25) is 0 Å². The van der Waals surface area contributed by atoms with E-state index in [2.05, 4.69) is 53.4 Å². The standard InChI is InChI=1S/C28H27N5O/c1-17-13-23-30-14-22-18(2)24(19-7-5-4-6-8-19)25(31-26(22)33(23)32-17)20-9-11-21(12-10-20)28(29)15-27(3,34)16-28/h4-14,34H,15-16,29H2,1-3H3/t27-,28+. The summed E-state index contributed by atoms with van der Waals surface area (Å²) in [5, 5.41) is 15.9. The molecule has 1 aliphatic carbocycles. The molecule has 2 aromatic carbocycles. The van der Waals surface area contributed by atoms with E-state index in [0.717, 1.165) is 55.9 Å². The van der Waals surface area contributed by atoms with Crippen LogP contribution in [0.15, 0.2) is 66.9 Å². The molecule has 0 bridgehead atoms. The highest BCUT2D eigenvalue weighted by Crippen LogP contribution is 2.46. The molecule has 3 aromatic heterocycles. The first-order chi connectivity index (χ1) is 16.2. The van der Waals surface area contributed by atoms with E-state index < -0.39 is 11.1 Å². The van der Waals surface area contributed by atoms with Crippen molar-refractivity contribution in [1.82, 2.24) is 19.6 Å². The Morgan fingerprint density at radius 1 is 0.971 bits per heavy atom. The van der Waals surface area contributed by atoms with Crippen LogP contribution in [0, 0.1) is 13.8 Å². The second-order valence-electron chi connectivity index (χ2n) is 9.96. The molecule has 0 spiro atoms. The normalized spacial score (nSPS) is 22.3. The number of benzene rings is 2. The van der Waals surface area contributed by atoms with Crippen molar-refractivity contribution in [2.24, 2.45) is 5.73 Å². The average Bonchev–Trinajstić information content (AvgIpc) is 3.19. The molecular formula is C28H27N5O. The molecule has 6 rings (SSSR count). The Kier molecular flexibility index (Phi) is 4.43. The van der Waals surface area contributed by atoms with Crippen LogP contribution in [-0.4, -0.2) is 30.3 Å². The molecule has 0 aliphatic heterocycles.